The van der Waals surface area contributed by atoms with Crippen LogP contribution in [0.3, 0.4) is 0 Å². The van der Waals surface area contributed by atoms with Gasteiger partial charge in [0.15, 0.2) is 5.17 Å². The summed E-state index contributed by atoms with van der Waals surface area (Å²) in [5, 5.41) is 10.9. The highest BCUT2D eigenvalue weighted by Crippen LogP contribution is 2.25. The molecule has 9 heteroatoms. The average molecular weight is 418 g/mol. The monoisotopic (exact) mass is 417 g/mol. The Kier molecular flexibility index (Phi) is 6.15. The largest absolute Gasteiger partial charge is 0.379 e. The van der Waals surface area contributed by atoms with Crippen LogP contribution in [0.1, 0.15) is 19.4 Å². The normalized spacial score (nSPS) is 18.8. The summed E-state index contributed by atoms with van der Waals surface area (Å²) < 4.78 is 29.8. The number of hydrogen-bond acceptors (Lipinski definition) is 7. The van der Waals surface area contributed by atoms with E-state index in [1.807, 2.05) is 13.8 Å². The lowest BCUT2D eigenvalue weighted by Gasteiger charge is -2.07. The molecule has 0 unspecified atom stereocenters. The van der Waals surface area contributed by atoms with Crippen LogP contribution in [-0.4, -0.2) is 31.0 Å². The molecule has 1 fully saturated rings. The first-order valence-electron chi connectivity index (χ1n) is 8.53. The highest BCUT2D eigenvalue weighted by Gasteiger charge is 2.32. The maximum atomic E-state index is 12.3. The van der Waals surface area contributed by atoms with Crippen molar-refractivity contribution in [3.8, 4) is 5.75 Å². The molecule has 28 heavy (non-hydrogen) atoms. The molecule has 0 radical (unpaired) electrons. The highest BCUT2D eigenvalue weighted by atomic mass is 32.2. The van der Waals surface area contributed by atoms with E-state index in [0.717, 1.165) is 0 Å². The number of rotatable bonds is 6. The van der Waals surface area contributed by atoms with E-state index in [-0.39, 0.29) is 27.7 Å². The number of carbonyl (C=O) groups excluding carboxylic acids is 1. The Balaban J connectivity index is 1.70. The van der Waals surface area contributed by atoms with Crippen LogP contribution < -0.4 is 9.50 Å². The van der Waals surface area contributed by atoms with Crippen LogP contribution in [0.15, 0.2) is 69.7 Å². The molecule has 1 atom stereocenters. The van der Waals surface area contributed by atoms with Gasteiger partial charge in [0, 0.05) is 0 Å². The fourth-order valence-corrected chi connectivity index (χ4v) is 4.30. The smallest absolute Gasteiger partial charge is 0.339 e. The molecule has 2 aromatic carbocycles. The van der Waals surface area contributed by atoms with E-state index in [0.29, 0.717) is 10.7 Å². The van der Waals surface area contributed by atoms with Crippen molar-refractivity contribution in [1.82, 2.24) is 5.32 Å². The van der Waals surface area contributed by atoms with Crippen LogP contribution in [0.4, 0.5) is 0 Å². The molecule has 1 amide bonds. The van der Waals surface area contributed by atoms with E-state index >= 15 is 0 Å². The molecule has 7 nitrogen and oxygen atoms in total. The van der Waals surface area contributed by atoms with Gasteiger partial charge in [0.25, 0.3) is 0 Å². The van der Waals surface area contributed by atoms with Crippen LogP contribution in [0.2, 0.25) is 0 Å². The Morgan fingerprint density at radius 3 is 2.57 bits per heavy atom. The first-order chi connectivity index (χ1) is 13.3. The third-order valence-electron chi connectivity index (χ3n) is 3.78. The molecular formula is C19H19N3O4S2. The van der Waals surface area contributed by atoms with Crippen molar-refractivity contribution in [2.75, 3.05) is 0 Å². The van der Waals surface area contributed by atoms with Crippen molar-refractivity contribution in [3.05, 3.63) is 60.2 Å². The summed E-state index contributed by atoms with van der Waals surface area (Å²) in [6.45, 7) is 3.94. The predicted octanol–water partition coefficient (Wildman–Crippen LogP) is 3.03. The van der Waals surface area contributed by atoms with Crippen molar-refractivity contribution in [2.45, 2.75) is 24.0 Å². The van der Waals surface area contributed by atoms with Crippen LogP contribution in [0.5, 0.6) is 5.75 Å². The minimum Gasteiger partial charge on any atom is -0.379 e. The van der Waals surface area contributed by atoms with Gasteiger partial charge in [-0.2, -0.15) is 13.5 Å². The molecule has 0 aromatic heterocycles. The molecule has 0 bridgehead atoms. The van der Waals surface area contributed by atoms with Crippen molar-refractivity contribution in [2.24, 2.45) is 16.1 Å². The third kappa shape index (κ3) is 4.99. The summed E-state index contributed by atoms with van der Waals surface area (Å²) in [6.07, 6.45) is 1.46. The number of thioether (sulfide) groups is 1. The molecule has 146 valence electrons. The average Bonchev–Trinajstić information content (AvgIpc) is 3.03. The molecule has 0 aliphatic carbocycles. The van der Waals surface area contributed by atoms with Gasteiger partial charge in [-0.05, 0) is 35.7 Å². The van der Waals surface area contributed by atoms with Gasteiger partial charge < -0.3 is 9.50 Å². The first kappa shape index (κ1) is 20.1. The summed E-state index contributed by atoms with van der Waals surface area (Å²) in [5.41, 5.74) is 0.611. The molecule has 3 rings (SSSR count). The fourth-order valence-electron chi connectivity index (χ4n) is 2.42. The minimum atomic E-state index is -3.91. The summed E-state index contributed by atoms with van der Waals surface area (Å²) in [5.74, 6) is 0.293. The molecule has 1 aliphatic rings. The fraction of sp³-hybridized carbons (Fsp3) is 0.211. The van der Waals surface area contributed by atoms with Crippen molar-refractivity contribution >= 4 is 39.2 Å². The Bertz CT molecular complexity index is 1020. The van der Waals surface area contributed by atoms with E-state index in [2.05, 4.69) is 15.5 Å². The Hall–Kier alpha value is -2.65. The van der Waals surface area contributed by atoms with Crippen LogP contribution in [0.25, 0.3) is 0 Å². The van der Waals surface area contributed by atoms with Gasteiger partial charge in [0.05, 0.1) is 11.5 Å². The molecule has 1 saturated heterocycles. The maximum absolute atomic E-state index is 12.3. The summed E-state index contributed by atoms with van der Waals surface area (Å²) in [6, 6.07) is 14.4. The van der Waals surface area contributed by atoms with Crippen molar-refractivity contribution in [3.63, 3.8) is 0 Å². The van der Waals surface area contributed by atoms with Crippen molar-refractivity contribution in [1.29, 1.82) is 0 Å². The lowest BCUT2D eigenvalue weighted by atomic mass is 10.1. The number of nitrogens with zero attached hydrogens (tertiary/aromatic N) is 2. The minimum absolute atomic E-state index is 0.0736. The van der Waals surface area contributed by atoms with E-state index in [4.69, 9.17) is 4.18 Å². The van der Waals surface area contributed by atoms with E-state index in [1.54, 1.807) is 42.5 Å². The Morgan fingerprint density at radius 1 is 1.14 bits per heavy atom. The lowest BCUT2D eigenvalue weighted by Crippen LogP contribution is -2.27. The van der Waals surface area contributed by atoms with Gasteiger partial charge in [-0.25, -0.2) is 0 Å². The predicted molar refractivity (Wildman–Crippen MR) is 110 cm³/mol. The number of amidine groups is 1. The zero-order chi connectivity index (χ0) is 20.1. The molecule has 1 heterocycles. The molecule has 0 spiro atoms. The summed E-state index contributed by atoms with van der Waals surface area (Å²) in [4.78, 5) is 11.9. The summed E-state index contributed by atoms with van der Waals surface area (Å²) >= 11 is 1.34. The standard InChI is InChI=1S/C19H19N3O4S2/c1-13(2)17-18(23)21-19(27-17)22-20-12-14-7-6-8-15(11-14)26-28(24,25)16-9-4-3-5-10-16/h3-13,17H,1-2H3,(H,21,22,23)/b20-12-/t17-/m1/s1. The highest BCUT2D eigenvalue weighted by molar-refractivity contribution is 8.15. The van der Waals surface area contributed by atoms with E-state index < -0.39 is 10.1 Å². The number of hydrogen-bond donors (Lipinski definition) is 1. The molecule has 1 N–H and O–H groups in total. The Morgan fingerprint density at radius 2 is 1.89 bits per heavy atom. The van der Waals surface area contributed by atoms with Crippen LogP contribution in [0, 0.1) is 5.92 Å². The van der Waals surface area contributed by atoms with Crippen LogP contribution >= 0.6 is 11.8 Å². The van der Waals surface area contributed by atoms with Gasteiger partial charge in [0.1, 0.15) is 10.6 Å². The third-order valence-corrected chi connectivity index (χ3v) is 6.46. The molecule has 1 aliphatic heterocycles. The van der Waals surface area contributed by atoms with Gasteiger partial charge >= 0.3 is 10.1 Å². The Labute approximate surface area is 168 Å². The second-order valence-corrected chi connectivity index (χ2v) is 9.02. The van der Waals surface area contributed by atoms with Gasteiger partial charge in [-0.15, -0.1) is 5.10 Å². The van der Waals surface area contributed by atoms with E-state index in [9.17, 15) is 13.2 Å². The second kappa shape index (κ2) is 8.57. The maximum Gasteiger partial charge on any atom is 0.339 e. The zero-order valence-corrected chi connectivity index (χ0v) is 16.9. The SMILES string of the molecule is CC(C)[C@H]1S/C(=N\N=C/c2cccc(OS(=O)(=O)c3ccccc3)c2)NC1=O. The van der Waals surface area contributed by atoms with Gasteiger partial charge in [0.2, 0.25) is 5.91 Å². The number of nitrogens with one attached hydrogen (secondary N) is 1. The molecule has 2 aromatic rings. The number of carbonyl (C=O) groups is 1. The second-order valence-electron chi connectivity index (χ2n) is 6.34. The summed E-state index contributed by atoms with van der Waals surface area (Å²) in [7, 11) is -3.91. The zero-order valence-electron chi connectivity index (χ0n) is 15.3. The van der Waals surface area contributed by atoms with Crippen LogP contribution in [-0.2, 0) is 14.9 Å². The number of amides is 1. The quantitative estimate of drug-likeness (QED) is 0.443. The van der Waals surface area contributed by atoms with Gasteiger partial charge in [-0.1, -0.05) is 55.9 Å². The van der Waals surface area contributed by atoms with Crippen molar-refractivity contribution < 1.29 is 17.4 Å². The van der Waals surface area contributed by atoms with E-state index in [1.165, 1.54) is 30.1 Å². The number of benzene rings is 2. The topological polar surface area (TPSA) is 97.2 Å². The lowest BCUT2D eigenvalue weighted by molar-refractivity contribution is -0.119. The van der Waals surface area contributed by atoms with Gasteiger partial charge in [-0.3, -0.25) is 4.79 Å². The molecule has 0 saturated carbocycles. The first-order valence-corrected chi connectivity index (χ1v) is 10.8. The molecular weight excluding hydrogens is 398 g/mol.